The molecule has 126 valence electrons. The fourth-order valence-corrected chi connectivity index (χ4v) is 1.74. The van der Waals surface area contributed by atoms with Crippen LogP contribution in [0.5, 0.6) is 5.75 Å². The van der Waals surface area contributed by atoms with Crippen LogP contribution in [0.25, 0.3) is 0 Å². The van der Waals surface area contributed by atoms with E-state index in [9.17, 15) is 0 Å². The number of halogens is 1. The third kappa shape index (κ3) is 9.87. The molecule has 1 rings (SSSR count). The highest BCUT2D eigenvalue weighted by atomic mass is 127. The minimum atomic E-state index is -0.0526. The van der Waals surface area contributed by atoms with E-state index < -0.39 is 0 Å². The maximum Gasteiger partial charge on any atom is 0.188 e. The fraction of sp³-hybridized carbons (Fsp3) is 0.588. The monoisotopic (exact) mass is 419 g/mol. The van der Waals surface area contributed by atoms with Crippen molar-refractivity contribution in [2.75, 3.05) is 13.2 Å². The average molecular weight is 419 g/mol. The molecule has 0 amide bonds. The van der Waals surface area contributed by atoms with Gasteiger partial charge in [0.2, 0.25) is 0 Å². The second kappa shape index (κ2) is 9.92. The number of hydrogen-bond donors (Lipinski definition) is 2. The zero-order valence-electron chi connectivity index (χ0n) is 14.3. The van der Waals surface area contributed by atoms with Crippen molar-refractivity contribution in [2.24, 2.45) is 16.6 Å². The lowest BCUT2D eigenvalue weighted by Gasteiger charge is -2.20. The first kappa shape index (κ1) is 21.0. The number of rotatable bonds is 6. The number of nitrogens with zero attached hydrogens (tertiary/aromatic N) is 1. The first-order chi connectivity index (χ1) is 9.76. The molecule has 0 fully saturated rings. The Bertz CT molecular complexity index is 450. The maximum atomic E-state index is 5.83. The van der Waals surface area contributed by atoms with Gasteiger partial charge in [-0.25, -0.2) is 0 Å². The second-order valence-corrected chi connectivity index (χ2v) is 6.74. The summed E-state index contributed by atoms with van der Waals surface area (Å²) in [6.45, 7) is 11.9. The molecule has 0 heterocycles. The summed E-state index contributed by atoms with van der Waals surface area (Å²) in [5.74, 6) is 1.96. The van der Waals surface area contributed by atoms with Gasteiger partial charge in [-0.3, -0.25) is 4.99 Å². The predicted octanol–water partition coefficient (Wildman–Crippen LogP) is 3.58. The van der Waals surface area contributed by atoms with Crippen molar-refractivity contribution < 1.29 is 4.74 Å². The van der Waals surface area contributed by atoms with Crippen molar-refractivity contribution in [3.63, 3.8) is 0 Å². The van der Waals surface area contributed by atoms with Gasteiger partial charge in [0.1, 0.15) is 5.75 Å². The SMILES string of the molecule is CC(C)COc1ccc(CCN=C(N)NC(C)(C)C)cc1.I. The molecule has 0 saturated heterocycles. The molecule has 0 radical (unpaired) electrons. The molecule has 3 N–H and O–H groups in total. The first-order valence-corrected chi connectivity index (χ1v) is 7.56. The molecular formula is C17H30IN3O. The van der Waals surface area contributed by atoms with Crippen LogP contribution in [0.4, 0.5) is 0 Å². The summed E-state index contributed by atoms with van der Waals surface area (Å²) in [6.07, 6.45) is 0.872. The van der Waals surface area contributed by atoms with Crippen molar-refractivity contribution in [2.45, 2.75) is 46.6 Å². The van der Waals surface area contributed by atoms with Crippen molar-refractivity contribution >= 4 is 29.9 Å². The zero-order chi connectivity index (χ0) is 15.9. The lowest BCUT2D eigenvalue weighted by molar-refractivity contribution is 0.271. The quantitative estimate of drug-likeness (QED) is 0.421. The Morgan fingerprint density at radius 3 is 2.32 bits per heavy atom. The third-order valence-electron chi connectivity index (χ3n) is 2.69. The van der Waals surface area contributed by atoms with Crippen molar-refractivity contribution in [3.8, 4) is 5.75 Å². The Hall–Kier alpha value is -0.980. The number of nitrogens with one attached hydrogen (secondary N) is 1. The number of aliphatic imine (C=N–C) groups is 1. The highest BCUT2D eigenvalue weighted by molar-refractivity contribution is 14.0. The summed E-state index contributed by atoms with van der Waals surface area (Å²) >= 11 is 0. The van der Waals surface area contributed by atoms with Crippen LogP contribution in [-0.2, 0) is 6.42 Å². The number of nitrogens with two attached hydrogens (primary N) is 1. The molecule has 0 aliphatic rings. The van der Waals surface area contributed by atoms with Gasteiger partial charge in [-0.1, -0.05) is 26.0 Å². The van der Waals surface area contributed by atoms with Crippen molar-refractivity contribution in [1.29, 1.82) is 0 Å². The van der Waals surface area contributed by atoms with Gasteiger partial charge in [0.05, 0.1) is 6.61 Å². The number of hydrogen-bond acceptors (Lipinski definition) is 2. The predicted molar refractivity (Wildman–Crippen MR) is 105 cm³/mol. The molecule has 22 heavy (non-hydrogen) atoms. The van der Waals surface area contributed by atoms with Crippen molar-refractivity contribution in [3.05, 3.63) is 29.8 Å². The van der Waals surface area contributed by atoms with Crippen molar-refractivity contribution in [1.82, 2.24) is 5.32 Å². The molecular weight excluding hydrogens is 389 g/mol. The third-order valence-corrected chi connectivity index (χ3v) is 2.69. The molecule has 0 atom stereocenters. The van der Waals surface area contributed by atoms with Crippen LogP contribution < -0.4 is 15.8 Å². The molecule has 4 nitrogen and oxygen atoms in total. The van der Waals surface area contributed by atoms with Crippen LogP contribution in [0.2, 0.25) is 0 Å². The molecule has 0 unspecified atom stereocenters. The summed E-state index contributed by atoms with van der Waals surface area (Å²) in [5, 5.41) is 3.15. The smallest absolute Gasteiger partial charge is 0.188 e. The molecule has 1 aromatic carbocycles. The van der Waals surface area contributed by atoms with Gasteiger partial charge < -0.3 is 15.8 Å². The maximum absolute atomic E-state index is 5.83. The van der Waals surface area contributed by atoms with Gasteiger partial charge in [0.25, 0.3) is 0 Å². The number of ether oxygens (including phenoxy) is 1. The van der Waals surface area contributed by atoms with E-state index in [1.165, 1.54) is 5.56 Å². The van der Waals surface area contributed by atoms with Gasteiger partial charge >= 0.3 is 0 Å². The number of guanidine groups is 1. The molecule has 0 aliphatic heterocycles. The van der Waals surface area contributed by atoms with E-state index in [4.69, 9.17) is 10.5 Å². The summed E-state index contributed by atoms with van der Waals surface area (Å²) in [6, 6.07) is 8.19. The van der Waals surface area contributed by atoms with E-state index in [2.05, 4.69) is 57.1 Å². The Balaban J connectivity index is 0.00000441. The lowest BCUT2D eigenvalue weighted by atomic mass is 10.1. The minimum absolute atomic E-state index is 0. The van der Waals surface area contributed by atoms with Gasteiger partial charge in [0, 0.05) is 12.1 Å². The van der Waals surface area contributed by atoms with Gasteiger partial charge in [-0.2, -0.15) is 0 Å². The van der Waals surface area contributed by atoms with Crippen LogP contribution in [0, 0.1) is 5.92 Å². The van der Waals surface area contributed by atoms with E-state index in [1.54, 1.807) is 0 Å². The van der Waals surface area contributed by atoms with Gasteiger partial charge in [-0.15, -0.1) is 24.0 Å². The summed E-state index contributed by atoms with van der Waals surface area (Å²) < 4.78 is 5.66. The van der Waals surface area contributed by atoms with Crippen LogP contribution in [0.1, 0.15) is 40.2 Å². The zero-order valence-corrected chi connectivity index (χ0v) is 16.7. The molecule has 0 aromatic heterocycles. The van der Waals surface area contributed by atoms with Gasteiger partial charge in [0.15, 0.2) is 5.96 Å². The standard InChI is InChI=1S/C17H29N3O.HI/c1-13(2)12-21-15-8-6-14(7-9-15)10-11-19-16(18)20-17(3,4)5;/h6-9,13H,10-12H2,1-5H3,(H3,18,19,20);1H. The summed E-state index contributed by atoms with van der Waals surface area (Å²) in [4.78, 5) is 4.34. The highest BCUT2D eigenvalue weighted by Crippen LogP contribution is 2.13. The Kier molecular flexibility index (Phi) is 9.48. The first-order valence-electron chi connectivity index (χ1n) is 7.56. The molecule has 5 heteroatoms. The minimum Gasteiger partial charge on any atom is -0.493 e. The van der Waals surface area contributed by atoms with Crippen LogP contribution in [0.3, 0.4) is 0 Å². The summed E-state index contributed by atoms with van der Waals surface area (Å²) in [5.41, 5.74) is 7.02. The van der Waals surface area contributed by atoms with Gasteiger partial charge in [-0.05, 0) is 50.8 Å². The van der Waals surface area contributed by atoms with Crippen LogP contribution in [-0.4, -0.2) is 24.7 Å². The Labute approximate surface area is 151 Å². The van der Waals surface area contributed by atoms with E-state index >= 15 is 0 Å². The molecule has 0 aliphatic carbocycles. The van der Waals surface area contributed by atoms with Crippen LogP contribution >= 0.6 is 24.0 Å². The topological polar surface area (TPSA) is 59.6 Å². The van der Waals surface area contributed by atoms with E-state index in [1.807, 2.05) is 12.1 Å². The molecule has 0 saturated carbocycles. The van der Waals surface area contributed by atoms with Crippen LogP contribution in [0.15, 0.2) is 29.3 Å². The fourth-order valence-electron chi connectivity index (χ4n) is 1.74. The Morgan fingerprint density at radius 2 is 1.82 bits per heavy atom. The molecule has 0 bridgehead atoms. The lowest BCUT2D eigenvalue weighted by Crippen LogP contribution is -2.45. The summed E-state index contributed by atoms with van der Waals surface area (Å²) in [7, 11) is 0. The molecule has 0 spiro atoms. The molecule has 1 aromatic rings. The Morgan fingerprint density at radius 1 is 1.23 bits per heavy atom. The van der Waals surface area contributed by atoms with E-state index in [-0.39, 0.29) is 29.5 Å². The largest absolute Gasteiger partial charge is 0.493 e. The average Bonchev–Trinajstić information content (AvgIpc) is 2.35. The van der Waals surface area contributed by atoms with E-state index in [0.29, 0.717) is 18.4 Å². The second-order valence-electron chi connectivity index (χ2n) is 6.74. The highest BCUT2D eigenvalue weighted by Gasteiger charge is 2.09. The number of benzene rings is 1. The van der Waals surface area contributed by atoms with E-state index in [0.717, 1.165) is 18.8 Å². The normalized spacial score (nSPS) is 12.0.